The molecule has 0 bridgehead atoms. The number of hydrogen-bond acceptors (Lipinski definition) is 3. The number of nitrogens with one attached hydrogen (secondary N) is 3. The van der Waals surface area contributed by atoms with Crippen LogP contribution in [0.4, 0.5) is 28.9 Å². The van der Waals surface area contributed by atoms with Crippen LogP contribution >= 0.6 is 15.9 Å². The molecule has 0 saturated heterocycles. The highest BCUT2D eigenvalue weighted by molar-refractivity contribution is 9.10. The Morgan fingerprint density at radius 1 is 1.08 bits per heavy atom. The number of anilines is 2. The first kappa shape index (κ1) is 17.6. The molecule has 3 rings (SSSR count). The Hall–Kier alpha value is -2.26. The predicted molar refractivity (Wildman–Crippen MR) is 90.7 cm³/mol. The Balaban J connectivity index is 1.72. The van der Waals surface area contributed by atoms with Gasteiger partial charge in [-0.2, -0.15) is 13.2 Å². The molecule has 1 unspecified atom stereocenters. The smallest absolute Gasteiger partial charge is 0.359 e. The number of aromatic nitrogens is 1. The topological polar surface area (TPSA) is 60.1 Å². The number of fused-ring (bicyclic) bond motifs is 1. The first-order chi connectivity index (χ1) is 11.7. The van der Waals surface area contributed by atoms with Crippen molar-refractivity contribution < 1.29 is 22.7 Å². The Morgan fingerprint density at radius 2 is 1.76 bits per heavy atom. The largest absolute Gasteiger partial charge is 0.416 e. The van der Waals surface area contributed by atoms with Crippen LogP contribution in [0.3, 0.4) is 0 Å². The highest BCUT2D eigenvalue weighted by Crippen LogP contribution is 2.31. The summed E-state index contributed by atoms with van der Waals surface area (Å²) in [6, 6.07) is 7.12. The fraction of sp³-hybridized carbons (Fsp3) is 0.125. The first-order valence-electron chi connectivity index (χ1n) is 7.08. The van der Waals surface area contributed by atoms with Crippen LogP contribution in [0.2, 0.25) is 0 Å². The second-order valence-corrected chi connectivity index (χ2v) is 6.13. The van der Waals surface area contributed by atoms with Crippen LogP contribution in [0.5, 0.6) is 0 Å². The maximum Gasteiger partial charge on any atom is 0.416 e. The van der Waals surface area contributed by atoms with Crippen molar-refractivity contribution in [3.05, 3.63) is 58.4 Å². The van der Waals surface area contributed by atoms with Crippen molar-refractivity contribution in [2.75, 3.05) is 10.6 Å². The van der Waals surface area contributed by atoms with Crippen molar-refractivity contribution in [2.24, 2.45) is 0 Å². The zero-order chi connectivity index (χ0) is 18.2. The van der Waals surface area contributed by atoms with Crippen LogP contribution in [-0.4, -0.2) is 16.4 Å². The van der Waals surface area contributed by atoms with E-state index in [0.717, 1.165) is 12.1 Å². The Morgan fingerprint density at radius 3 is 2.40 bits per heavy atom. The van der Waals surface area contributed by atoms with Gasteiger partial charge in [-0.25, -0.2) is 4.39 Å². The number of H-pyrrole nitrogens is 1. The molecule has 0 fully saturated rings. The second-order valence-electron chi connectivity index (χ2n) is 5.28. The Bertz CT molecular complexity index is 893. The molecule has 0 aliphatic heterocycles. The molecular formula is C16H12BrF4N3O. The van der Waals surface area contributed by atoms with E-state index >= 15 is 0 Å². The molecule has 0 saturated carbocycles. The van der Waals surface area contributed by atoms with Gasteiger partial charge in [0.2, 0.25) is 6.35 Å². The molecule has 0 aliphatic rings. The number of rotatable bonds is 4. The lowest BCUT2D eigenvalue weighted by Crippen LogP contribution is -2.27. The van der Waals surface area contributed by atoms with Crippen LogP contribution in [0.15, 0.2) is 47.1 Å². The molecule has 4 N–H and O–H groups in total. The van der Waals surface area contributed by atoms with Crippen LogP contribution in [0.25, 0.3) is 10.9 Å². The van der Waals surface area contributed by atoms with E-state index in [1.807, 2.05) is 0 Å². The molecule has 1 heterocycles. The second kappa shape index (κ2) is 6.57. The van der Waals surface area contributed by atoms with Gasteiger partial charge in [-0.1, -0.05) is 0 Å². The Labute approximate surface area is 148 Å². The average Bonchev–Trinajstić information content (AvgIpc) is 2.89. The number of halogens is 5. The monoisotopic (exact) mass is 417 g/mol. The summed E-state index contributed by atoms with van der Waals surface area (Å²) in [4.78, 5) is 2.86. The third-order valence-electron chi connectivity index (χ3n) is 3.53. The lowest BCUT2D eigenvalue weighted by atomic mass is 10.2. The zero-order valence-corrected chi connectivity index (χ0v) is 14.0. The van der Waals surface area contributed by atoms with E-state index in [9.17, 15) is 22.7 Å². The molecule has 2 aromatic carbocycles. The minimum atomic E-state index is -4.41. The van der Waals surface area contributed by atoms with Crippen molar-refractivity contribution in [1.29, 1.82) is 0 Å². The van der Waals surface area contributed by atoms with E-state index in [4.69, 9.17) is 0 Å². The number of aromatic amines is 1. The quantitative estimate of drug-likeness (QED) is 0.361. The zero-order valence-electron chi connectivity index (χ0n) is 12.5. The number of hydrogen-bond donors (Lipinski definition) is 4. The highest BCUT2D eigenvalue weighted by Gasteiger charge is 2.30. The molecule has 3 aromatic rings. The summed E-state index contributed by atoms with van der Waals surface area (Å²) >= 11 is 3.09. The van der Waals surface area contributed by atoms with Gasteiger partial charge in [0.15, 0.2) is 0 Å². The molecule has 132 valence electrons. The lowest BCUT2D eigenvalue weighted by molar-refractivity contribution is -0.137. The van der Waals surface area contributed by atoms with Gasteiger partial charge in [0, 0.05) is 17.3 Å². The average molecular weight is 418 g/mol. The van der Waals surface area contributed by atoms with E-state index in [0.29, 0.717) is 22.3 Å². The third kappa shape index (κ3) is 3.88. The maximum atomic E-state index is 13.5. The van der Waals surface area contributed by atoms with Crippen molar-refractivity contribution >= 4 is 38.2 Å². The molecule has 0 aliphatic carbocycles. The SMILES string of the molecule is OC(Nc1ccc(C(F)(F)F)cc1)Nc1c[nH]c2cc(F)c(Br)cc12. The van der Waals surface area contributed by atoms with E-state index in [1.54, 1.807) is 12.3 Å². The van der Waals surface area contributed by atoms with Gasteiger partial charge in [0.25, 0.3) is 0 Å². The molecule has 4 nitrogen and oxygen atoms in total. The summed E-state index contributed by atoms with van der Waals surface area (Å²) < 4.78 is 51.3. The van der Waals surface area contributed by atoms with Gasteiger partial charge >= 0.3 is 6.18 Å². The van der Waals surface area contributed by atoms with E-state index in [-0.39, 0.29) is 4.47 Å². The van der Waals surface area contributed by atoms with Crippen molar-refractivity contribution in [3.8, 4) is 0 Å². The van der Waals surface area contributed by atoms with Crippen LogP contribution in [0.1, 0.15) is 5.56 Å². The maximum absolute atomic E-state index is 13.5. The first-order valence-corrected chi connectivity index (χ1v) is 7.88. The van der Waals surface area contributed by atoms with E-state index in [2.05, 4.69) is 31.5 Å². The van der Waals surface area contributed by atoms with Crippen LogP contribution in [-0.2, 0) is 6.18 Å². The van der Waals surface area contributed by atoms with Gasteiger partial charge in [-0.3, -0.25) is 0 Å². The van der Waals surface area contributed by atoms with Gasteiger partial charge in [-0.05, 0) is 52.3 Å². The number of alkyl halides is 3. The summed E-state index contributed by atoms with van der Waals surface area (Å²) in [6.07, 6.45) is -4.13. The summed E-state index contributed by atoms with van der Waals surface area (Å²) in [6.45, 7) is 0. The van der Waals surface area contributed by atoms with Gasteiger partial charge in [0.1, 0.15) is 5.82 Å². The van der Waals surface area contributed by atoms with Gasteiger partial charge in [-0.15, -0.1) is 0 Å². The fourth-order valence-electron chi connectivity index (χ4n) is 2.33. The van der Waals surface area contributed by atoms with Crippen molar-refractivity contribution in [2.45, 2.75) is 12.5 Å². The molecule has 0 radical (unpaired) electrons. The molecule has 1 atom stereocenters. The molecule has 0 spiro atoms. The predicted octanol–water partition coefficient (Wildman–Crippen LogP) is 4.89. The number of aliphatic hydroxyl groups excluding tert-OH is 1. The summed E-state index contributed by atoms with van der Waals surface area (Å²) in [5.41, 5.74) is 0.566. The van der Waals surface area contributed by atoms with E-state index in [1.165, 1.54) is 18.2 Å². The van der Waals surface area contributed by atoms with Gasteiger partial charge < -0.3 is 20.7 Å². The summed E-state index contributed by atoms with van der Waals surface area (Å²) in [7, 11) is 0. The lowest BCUT2D eigenvalue weighted by Gasteiger charge is -2.17. The van der Waals surface area contributed by atoms with E-state index < -0.39 is 23.9 Å². The normalized spacial score (nSPS) is 13.0. The summed E-state index contributed by atoms with van der Waals surface area (Å²) in [5, 5.41) is 16.1. The molecule has 1 aromatic heterocycles. The minimum Gasteiger partial charge on any atom is -0.359 e. The molecular weight excluding hydrogens is 406 g/mol. The summed E-state index contributed by atoms with van der Waals surface area (Å²) in [5.74, 6) is -0.427. The number of benzene rings is 2. The molecule has 0 amide bonds. The van der Waals surface area contributed by atoms with Gasteiger partial charge in [0.05, 0.1) is 21.2 Å². The highest BCUT2D eigenvalue weighted by atomic mass is 79.9. The fourth-order valence-corrected chi connectivity index (χ4v) is 2.68. The third-order valence-corrected chi connectivity index (χ3v) is 4.14. The van der Waals surface area contributed by atoms with Crippen LogP contribution in [0, 0.1) is 5.82 Å². The molecule has 9 heteroatoms. The van der Waals surface area contributed by atoms with Crippen molar-refractivity contribution in [1.82, 2.24) is 4.98 Å². The molecule has 25 heavy (non-hydrogen) atoms. The Kier molecular flexibility index (Phi) is 4.61. The minimum absolute atomic E-state index is 0.271. The van der Waals surface area contributed by atoms with Crippen molar-refractivity contribution in [3.63, 3.8) is 0 Å². The standard InChI is InChI=1S/C16H12BrF4N3O/c17-11-5-10-13(6-12(11)18)22-7-14(10)24-15(25)23-9-3-1-8(2-4-9)16(19,20)21/h1-7,15,22-25H. The number of aliphatic hydroxyl groups is 1. The van der Waals surface area contributed by atoms with Crippen LogP contribution < -0.4 is 10.6 Å².